The standard InChI is InChI=1S/C25H28ClF2N3O2S/c26-23-12-19(27)5-4-17(23)10-20-15-30(8-9-33-20)14-18-11-24(28)22(13-21(18)16-2-3-16)25(32)29-34-31-6-1-7-31/h4-5,11-13,16,20H,1-3,6-10,14-15H2,(H,29,32). The first kappa shape index (κ1) is 24.0. The molecule has 0 radical (unpaired) electrons. The Balaban J connectivity index is 1.26. The summed E-state index contributed by atoms with van der Waals surface area (Å²) >= 11 is 7.45. The fraction of sp³-hybridized carbons (Fsp3) is 0.480. The van der Waals surface area contributed by atoms with E-state index in [0.29, 0.717) is 37.1 Å². The molecule has 3 aliphatic rings. The second-order valence-electron chi connectivity index (χ2n) is 9.28. The van der Waals surface area contributed by atoms with E-state index in [9.17, 15) is 9.18 Å². The maximum absolute atomic E-state index is 15.0. The van der Waals surface area contributed by atoms with Gasteiger partial charge in [0.25, 0.3) is 5.91 Å². The molecule has 2 heterocycles. The maximum atomic E-state index is 15.0. The Morgan fingerprint density at radius 3 is 2.68 bits per heavy atom. The van der Waals surface area contributed by atoms with Crippen LogP contribution in [-0.4, -0.2) is 54.0 Å². The van der Waals surface area contributed by atoms with Gasteiger partial charge in [-0.1, -0.05) is 17.7 Å². The third-order valence-electron chi connectivity index (χ3n) is 6.65. The van der Waals surface area contributed by atoms with E-state index in [1.165, 1.54) is 30.3 Å². The summed E-state index contributed by atoms with van der Waals surface area (Å²) in [6.45, 7) is 4.46. The zero-order chi connectivity index (χ0) is 23.7. The summed E-state index contributed by atoms with van der Waals surface area (Å²) in [7, 11) is 0. The molecule has 1 aliphatic carbocycles. The number of benzene rings is 2. The highest BCUT2D eigenvalue weighted by molar-refractivity contribution is 7.95. The van der Waals surface area contributed by atoms with E-state index in [2.05, 4.69) is 9.62 Å². The quantitative estimate of drug-likeness (QED) is 0.513. The first-order chi connectivity index (χ1) is 16.5. The Bertz CT molecular complexity index is 1060. The van der Waals surface area contributed by atoms with E-state index in [-0.39, 0.29) is 23.4 Å². The average molecular weight is 508 g/mol. The molecule has 2 aliphatic heterocycles. The third kappa shape index (κ3) is 5.74. The van der Waals surface area contributed by atoms with Gasteiger partial charge >= 0.3 is 0 Å². The highest BCUT2D eigenvalue weighted by atomic mass is 35.5. The largest absolute Gasteiger partial charge is 0.375 e. The Morgan fingerprint density at radius 1 is 1.15 bits per heavy atom. The lowest BCUT2D eigenvalue weighted by atomic mass is 9.98. The van der Waals surface area contributed by atoms with E-state index >= 15 is 4.39 Å². The molecule has 1 atom stereocenters. The van der Waals surface area contributed by atoms with Crippen LogP contribution in [0.3, 0.4) is 0 Å². The summed E-state index contributed by atoms with van der Waals surface area (Å²) in [6.07, 6.45) is 3.77. The molecule has 1 unspecified atom stereocenters. The van der Waals surface area contributed by atoms with Crippen molar-refractivity contribution in [3.05, 3.63) is 69.2 Å². The molecule has 9 heteroatoms. The van der Waals surface area contributed by atoms with Crippen molar-refractivity contribution in [3.63, 3.8) is 0 Å². The van der Waals surface area contributed by atoms with Crippen LogP contribution in [0, 0.1) is 11.6 Å². The van der Waals surface area contributed by atoms with Crippen molar-refractivity contribution < 1.29 is 18.3 Å². The Morgan fingerprint density at radius 2 is 1.97 bits per heavy atom. The molecule has 2 saturated heterocycles. The van der Waals surface area contributed by atoms with E-state index < -0.39 is 5.82 Å². The predicted molar refractivity (Wildman–Crippen MR) is 130 cm³/mol. The van der Waals surface area contributed by atoms with E-state index in [0.717, 1.165) is 55.6 Å². The summed E-state index contributed by atoms with van der Waals surface area (Å²) in [5.41, 5.74) is 2.98. The van der Waals surface area contributed by atoms with Crippen molar-refractivity contribution in [1.82, 2.24) is 13.9 Å². The first-order valence-electron chi connectivity index (χ1n) is 11.8. The molecule has 2 aromatic carbocycles. The highest BCUT2D eigenvalue weighted by Crippen LogP contribution is 2.43. The molecule has 0 bridgehead atoms. The van der Waals surface area contributed by atoms with Gasteiger partial charge in [0.1, 0.15) is 11.6 Å². The van der Waals surface area contributed by atoms with E-state index in [1.54, 1.807) is 12.1 Å². The summed E-state index contributed by atoms with van der Waals surface area (Å²) in [5, 5.41) is 0.403. The van der Waals surface area contributed by atoms with E-state index in [4.69, 9.17) is 16.3 Å². The Kier molecular flexibility index (Phi) is 7.41. The Labute approximate surface area is 208 Å². The predicted octanol–water partition coefficient (Wildman–Crippen LogP) is 4.94. The molecule has 182 valence electrons. The highest BCUT2D eigenvalue weighted by Gasteiger charge is 2.30. The summed E-state index contributed by atoms with van der Waals surface area (Å²) in [4.78, 5) is 14.9. The maximum Gasteiger partial charge on any atom is 0.265 e. The zero-order valence-electron chi connectivity index (χ0n) is 18.9. The van der Waals surface area contributed by atoms with Crippen LogP contribution in [0.2, 0.25) is 5.02 Å². The molecule has 5 rings (SSSR count). The van der Waals surface area contributed by atoms with Gasteiger partial charge < -0.3 is 4.74 Å². The molecule has 2 aromatic rings. The number of ether oxygens (including phenoxy) is 1. The van der Waals surface area contributed by atoms with Gasteiger partial charge in [-0.25, -0.2) is 13.1 Å². The number of carbonyl (C=O) groups excluding carboxylic acids is 1. The van der Waals surface area contributed by atoms with Crippen molar-refractivity contribution in [2.24, 2.45) is 0 Å². The lowest BCUT2D eigenvalue weighted by molar-refractivity contribution is -0.0305. The first-order valence-corrected chi connectivity index (χ1v) is 12.9. The van der Waals surface area contributed by atoms with Crippen molar-refractivity contribution in [1.29, 1.82) is 0 Å². The number of morpholine rings is 1. The lowest BCUT2D eigenvalue weighted by Crippen LogP contribution is -2.43. The fourth-order valence-electron chi connectivity index (χ4n) is 4.48. The number of hydrogen-bond acceptors (Lipinski definition) is 5. The minimum Gasteiger partial charge on any atom is -0.375 e. The number of nitrogens with one attached hydrogen (secondary N) is 1. The van der Waals surface area contributed by atoms with Gasteiger partial charge in [0.05, 0.1) is 18.3 Å². The SMILES string of the molecule is O=C(NSN1CCC1)c1cc(C2CC2)c(CN2CCOC(Cc3ccc(F)cc3Cl)C2)cc1F. The van der Waals surface area contributed by atoms with Crippen molar-refractivity contribution in [3.8, 4) is 0 Å². The minimum absolute atomic E-state index is 0.0745. The van der Waals surface area contributed by atoms with Crippen molar-refractivity contribution >= 4 is 29.6 Å². The molecule has 1 saturated carbocycles. The monoisotopic (exact) mass is 507 g/mol. The van der Waals surface area contributed by atoms with Gasteiger partial charge in [0.15, 0.2) is 0 Å². The zero-order valence-corrected chi connectivity index (χ0v) is 20.4. The van der Waals surface area contributed by atoms with Crippen LogP contribution in [0.25, 0.3) is 0 Å². The molecule has 0 spiro atoms. The molecule has 3 fully saturated rings. The normalized spacial score (nSPS) is 21.3. The summed E-state index contributed by atoms with van der Waals surface area (Å²) < 4.78 is 39.1. The molecular formula is C25H28ClF2N3O2S. The van der Waals surface area contributed by atoms with Gasteiger partial charge in [-0.2, -0.15) is 0 Å². The summed E-state index contributed by atoms with van der Waals surface area (Å²) in [5.74, 6) is -0.833. The summed E-state index contributed by atoms with van der Waals surface area (Å²) in [6, 6.07) is 7.72. The van der Waals surface area contributed by atoms with Crippen LogP contribution >= 0.6 is 23.7 Å². The number of nitrogens with zero attached hydrogens (tertiary/aromatic N) is 2. The van der Waals surface area contributed by atoms with Crippen molar-refractivity contribution in [2.75, 3.05) is 32.8 Å². The van der Waals surface area contributed by atoms with Crippen LogP contribution in [-0.2, 0) is 17.7 Å². The van der Waals surface area contributed by atoms with Crippen LogP contribution < -0.4 is 4.72 Å². The number of carbonyl (C=O) groups is 1. The number of amides is 1. The van der Waals surface area contributed by atoms with Crippen LogP contribution in [0.15, 0.2) is 30.3 Å². The lowest BCUT2D eigenvalue weighted by Gasteiger charge is -2.33. The molecule has 1 amide bonds. The average Bonchev–Trinajstić information content (AvgIpc) is 3.60. The van der Waals surface area contributed by atoms with E-state index in [1.807, 2.05) is 4.31 Å². The van der Waals surface area contributed by atoms with Gasteiger partial charge in [-0.3, -0.25) is 14.4 Å². The van der Waals surface area contributed by atoms with Gasteiger partial charge in [-0.05, 0) is 66.1 Å². The number of halogens is 3. The fourth-order valence-corrected chi connectivity index (χ4v) is 5.48. The second kappa shape index (κ2) is 10.5. The molecule has 34 heavy (non-hydrogen) atoms. The van der Waals surface area contributed by atoms with Gasteiger partial charge in [0, 0.05) is 56.3 Å². The number of hydrogen-bond donors (Lipinski definition) is 1. The smallest absolute Gasteiger partial charge is 0.265 e. The van der Waals surface area contributed by atoms with Crippen LogP contribution in [0.4, 0.5) is 8.78 Å². The molecule has 0 aromatic heterocycles. The van der Waals surface area contributed by atoms with Gasteiger partial charge in [-0.15, -0.1) is 0 Å². The molecule has 5 nitrogen and oxygen atoms in total. The van der Waals surface area contributed by atoms with Crippen LogP contribution in [0.1, 0.15) is 52.2 Å². The second-order valence-corrected chi connectivity index (χ2v) is 10.6. The van der Waals surface area contributed by atoms with Crippen LogP contribution in [0.5, 0.6) is 0 Å². The Hall–Kier alpha value is -1.71. The third-order valence-corrected chi connectivity index (χ3v) is 7.90. The number of rotatable bonds is 8. The molecule has 1 N–H and O–H groups in total. The van der Waals surface area contributed by atoms with Crippen molar-refractivity contribution in [2.45, 2.75) is 44.2 Å². The molecular weight excluding hydrogens is 480 g/mol. The minimum atomic E-state index is -0.482. The topological polar surface area (TPSA) is 44.8 Å². The van der Waals surface area contributed by atoms with Gasteiger partial charge in [0.2, 0.25) is 0 Å².